The molecule has 0 atom stereocenters. The lowest BCUT2D eigenvalue weighted by Crippen LogP contribution is -2.21. The Bertz CT molecular complexity index is 790. The van der Waals surface area contributed by atoms with Gasteiger partial charge in [0.15, 0.2) is 0 Å². The lowest BCUT2D eigenvalue weighted by Gasteiger charge is -2.16. The molecular formula is C17H19ClN2O4. The Morgan fingerprint density at radius 2 is 1.96 bits per heavy atom. The van der Waals surface area contributed by atoms with Gasteiger partial charge in [-0.05, 0) is 25.1 Å². The van der Waals surface area contributed by atoms with Crippen LogP contribution in [0.15, 0.2) is 22.7 Å². The van der Waals surface area contributed by atoms with E-state index in [4.69, 9.17) is 16.1 Å². The molecule has 0 radical (unpaired) electrons. The van der Waals surface area contributed by atoms with Crippen LogP contribution in [0.4, 0.5) is 5.69 Å². The first-order chi connectivity index (χ1) is 11.1. The molecule has 1 aromatic heterocycles. The Kier molecular flexibility index (Phi) is 4.99. The molecule has 0 aliphatic carbocycles. The number of anilines is 1. The molecule has 0 unspecified atom stereocenters. The first kappa shape index (κ1) is 18.0. The predicted octanol–water partition coefficient (Wildman–Crippen LogP) is 3.97. The fourth-order valence-electron chi connectivity index (χ4n) is 2.20. The maximum absolute atomic E-state index is 12.7. The molecule has 0 aliphatic rings. The molecule has 128 valence electrons. The second-order valence-corrected chi connectivity index (χ2v) is 6.76. The van der Waals surface area contributed by atoms with Crippen molar-refractivity contribution in [2.45, 2.75) is 33.1 Å². The van der Waals surface area contributed by atoms with Crippen molar-refractivity contribution in [1.29, 1.82) is 0 Å². The van der Waals surface area contributed by atoms with Gasteiger partial charge in [0.2, 0.25) is 0 Å². The average molecular weight is 351 g/mol. The van der Waals surface area contributed by atoms with E-state index in [0.29, 0.717) is 27.7 Å². The average Bonchev–Trinajstić information content (AvgIpc) is 2.90. The van der Waals surface area contributed by atoms with Gasteiger partial charge in [-0.3, -0.25) is 4.79 Å². The fraction of sp³-hybridized carbons (Fsp3) is 0.353. The molecule has 24 heavy (non-hydrogen) atoms. The zero-order valence-corrected chi connectivity index (χ0v) is 14.9. The Morgan fingerprint density at radius 1 is 1.29 bits per heavy atom. The van der Waals surface area contributed by atoms with E-state index in [1.165, 1.54) is 25.3 Å². The highest BCUT2D eigenvalue weighted by Gasteiger charge is 2.29. The van der Waals surface area contributed by atoms with Gasteiger partial charge < -0.3 is 14.6 Å². The number of ether oxygens (including phenoxy) is 1. The van der Waals surface area contributed by atoms with Gasteiger partial charge in [-0.1, -0.05) is 37.5 Å². The summed E-state index contributed by atoms with van der Waals surface area (Å²) in [7, 11) is 1.28. The highest BCUT2D eigenvalue weighted by molar-refractivity contribution is 6.34. The van der Waals surface area contributed by atoms with Crippen molar-refractivity contribution >= 4 is 29.2 Å². The number of hydrogen-bond donors (Lipinski definition) is 1. The van der Waals surface area contributed by atoms with Gasteiger partial charge in [0.25, 0.3) is 5.91 Å². The summed E-state index contributed by atoms with van der Waals surface area (Å²) in [5, 5.41) is 7.00. The van der Waals surface area contributed by atoms with E-state index in [1.54, 1.807) is 6.92 Å². The number of benzene rings is 1. The summed E-state index contributed by atoms with van der Waals surface area (Å²) in [6.45, 7) is 7.48. The maximum Gasteiger partial charge on any atom is 0.337 e. The van der Waals surface area contributed by atoms with E-state index in [9.17, 15) is 9.59 Å². The molecular weight excluding hydrogens is 332 g/mol. The van der Waals surface area contributed by atoms with Crippen LogP contribution in [0.3, 0.4) is 0 Å². The van der Waals surface area contributed by atoms with Gasteiger partial charge in [0, 0.05) is 5.41 Å². The summed E-state index contributed by atoms with van der Waals surface area (Å²) in [5.74, 6) is -0.501. The van der Waals surface area contributed by atoms with Crippen LogP contribution in [0.25, 0.3) is 0 Å². The maximum atomic E-state index is 12.7. The van der Waals surface area contributed by atoms with Crippen molar-refractivity contribution in [3.8, 4) is 0 Å². The van der Waals surface area contributed by atoms with Gasteiger partial charge in [-0.2, -0.15) is 0 Å². The number of esters is 1. The summed E-state index contributed by atoms with van der Waals surface area (Å²) in [6, 6.07) is 4.51. The van der Waals surface area contributed by atoms with Crippen LogP contribution in [-0.2, 0) is 10.2 Å². The van der Waals surface area contributed by atoms with Gasteiger partial charge in [-0.15, -0.1) is 0 Å². The van der Waals surface area contributed by atoms with Crippen LogP contribution in [0.2, 0.25) is 5.02 Å². The van der Waals surface area contributed by atoms with E-state index in [1.807, 2.05) is 20.8 Å². The van der Waals surface area contributed by atoms with Crippen LogP contribution in [0.1, 0.15) is 52.9 Å². The molecule has 2 aromatic rings. The number of aromatic nitrogens is 1. The van der Waals surface area contributed by atoms with Gasteiger partial charge in [-0.25, -0.2) is 4.79 Å². The largest absolute Gasteiger partial charge is 0.465 e. The van der Waals surface area contributed by atoms with Crippen LogP contribution in [-0.4, -0.2) is 24.1 Å². The van der Waals surface area contributed by atoms with Crippen LogP contribution in [0.5, 0.6) is 0 Å². The highest BCUT2D eigenvalue weighted by atomic mass is 35.5. The molecule has 0 bridgehead atoms. The summed E-state index contributed by atoms with van der Waals surface area (Å²) < 4.78 is 9.84. The van der Waals surface area contributed by atoms with E-state index in [0.717, 1.165) is 0 Å². The van der Waals surface area contributed by atoms with Gasteiger partial charge >= 0.3 is 5.97 Å². The molecule has 0 fully saturated rings. The number of amides is 1. The SMILES string of the molecule is COC(=O)c1ccc(Cl)c(NC(=O)c2c(C(C)(C)C)noc2C)c1. The Morgan fingerprint density at radius 3 is 2.54 bits per heavy atom. The quantitative estimate of drug-likeness (QED) is 0.847. The second kappa shape index (κ2) is 6.65. The number of methoxy groups -OCH3 is 1. The summed E-state index contributed by atoms with van der Waals surface area (Å²) in [4.78, 5) is 24.3. The summed E-state index contributed by atoms with van der Waals surface area (Å²) in [5.41, 5.74) is 1.15. The molecule has 1 amide bonds. The molecule has 1 aromatic carbocycles. The zero-order valence-electron chi connectivity index (χ0n) is 14.2. The number of nitrogens with one attached hydrogen (secondary N) is 1. The topological polar surface area (TPSA) is 81.4 Å². The molecule has 6 nitrogen and oxygen atoms in total. The predicted molar refractivity (Wildman–Crippen MR) is 90.7 cm³/mol. The third kappa shape index (κ3) is 3.59. The first-order valence-corrected chi connectivity index (χ1v) is 7.69. The summed E-state index contributed by atoms with van der Waals surface area (Å²) >= 11 is 6.11. The van der Waals surface area contributed by atoms with Gasteiger partial charge in [0.1, 0.15) is 17.0 Å². The Hall–Kier alpha value is -2.34. The molecule has 1 heterocycles. The van der Waals surface area contributed by atoms with Crippen molar-refractivity contribution < 1.29 is 18.8 Å². The smallest absolute Gasteiger partial charge is 0.337 e. The van der Waals surface area contributed by atoms with Crippen molar-refractivity contribution in [2.75, 3.05) is 12.4 Å². The minimum atomic E-state index is -0.515. The Balaban J connectivity index is 2.38. The standard InChI is InChI=1S/C17H19ClN2O4/c1-9-13(14(20-24-9)17(2,3)4)15(21)19-12-8-10(16(22)23-5)6-7-11(12)18/h6-8H,1-5H3,(H,19,21). The summed E-state index contributed by atoms with van der Waals surface area (Å²) in [6.07, 6.45) is 0. The molecule has 0 saturated carbocycles. The molecule has 0 saturated heterocycles. The number of carbonyl (C=O) groups excluding carboxylic acids is 2. The number of rotatable bonds is 3. The minimum Gasteiger partial charge on any atom is -0.465 e. The molecule has 0 aliphatic heterocycles. The van der Waals surface area contributed by atoms with Crippen LogP contribution < -0.4 is 5.32 Å². The lowest BCUT2D eigenvalue weighted by molar-refractivity contribution is 0.0600. The van der Waals surface area contributed by atoms with Crippen molar-refractivity contribution in [1.82, 2.24) is 5.16 Å². The minimum absolute atomic E-state index is 0.287. The van der Waals surface area contributed by atoms with E-state index < -0.39 is 11.9 Å². The third-order valence-corrected chi connectivity index (χ3v) is 3.77. The molecule has 7 heteroatoms. The second-order valence-electron chi connectivity index (χ2n) is 6.35. The van der Waals surface area contributed by atoms with Crippen molar-refractivity contribution in [2.24, 2.45) is 0 Å². The first-order valence-electron chi connectivity index (χ1n) is 7.31. The normalized spacial score (nSPS) is 11.2. The highest BCUT2D eigenvalue weighted by Crippen LogP contribution is 2.29. The van der Waals surface area contributed by atoms with E-state index >= 15 is 0 Å². The lowest BCUT2D eigenvalue weighted by atomic mass is 9.88. The number of hydrogen-bond acceptors (Lipinski definition) is 5. The van der Waals surface area contributed by atoms with E-state index in [-0.39, 0.29) is 11.0 Å². The Labute approximate surface area is 145 Å². The number of aryl methyl sites for hydroxylation is 1. The third-order valence-electron chi connectivity index (χ3n) is 3.44. The number of halogens is 1. The number of carbonyl (C=O) groups is 2. The van der Waals surface area contributed by atoms with E-state index in [2.05, 4.69) is 15.2 Å². The molecule has 1 N–H and O–H groups in total. The van der Waals surface area contributed by atoms with Crippen LogP contribution >= 0.6 is 11.6 Å². The molecule has 2 rings (SSSR count). The monoisotopic (exact) mass is 350 g/mol. The van der Waals surface area contributed by atoms with Crippen LogP contribution in [0, 0.1) is 6.92 Å². The van der Waals surface area contributed by atoms with Crippen molar-refractivity contribution in [3.05, 3.63) is 45.8 Å². The number of nitrogens with zero attached hydrogens (tertiary/aromatic N) is 1. The molecule has 0 spiro atoms. The van der Waals surface area contributed by atoms with Gasteiger partial charge in [0.05, 0.1) is 23.4 Å². The fourth-order valence-corrected chi connectivity index (χ4v) is 2.37. The van der Waals surface area contributed by atoms with Crippen molar-refractivity contribution in [3.63, 3.8) is 0 Å². The zero-order chi connectivity index (χ0) is 18.1.